The van der Waals surface area contributed by atoms with E-state index in [0.717, 1.165) is 18.4 Å². The van der Waals surface area contributed by atoms with Crippen LogP contribution in [-0.2, 0) is 0 Å². The van der Waals surface area contributed by atoms with Crippen LogP contribution in [0.2, 0.25) is 0 Å². The molecule has 1 nitrogen and oxygen atoms in total. The first-order valence-electron chi connectivity index (χ1n) is 9.38. The van der Waals surface area contributed by atoms with Gasteiger partial charge in [0.05, 0.1) is 0 Å². The van der Waals surface area contributed by atoms with Crippen LogP contribution in [0.4, 0.5) is 0 Å². The molecule has 2 heteroatoms. The Morgan fingerprint density at radius 1 is 0.864 bits per heavy atom. The summed E-state index contributed by atoms with van der Waals surface area (Å²) in [6.45, 7) is 16.8. The van der Waals surface area contributed by atoms with Crippen molar-refractivity contribution in [2.75, 3.05) is 19.6 Å². The van der Waals surface area contributed by atoms with Gasteiger partial charge >= 0.3 is 18.9 Å². The zero-order valence-corrected chi connectivity index (χ0v) is 15.2. The summed E-state index contributed by atoms with van der Waals surface area (Å²) < 4.78 is 0. The van der Waals surface area contributed by atoms with Gasteiger partial charge in [-0.15, -0.1) is 0 Å². The molecule has 0 saturated carbocycles. The molecule has 0 rings (SSSR count). The predicted octanol–water partition coefficient (Wildman–Crippen LogP) is 5.46. The fourth-order valence-corrected chi connectivity index (χ4v) is 3.01. The van der Waals surface area contributed by atoms with Crippen LogP contribution < -0.4 is 0 Å². The molecule has 0 amide bonds. The van der Waals surface area contributed by atoms with E-state index in [1.807, 2.05) is 6.08 Å². The van der Waals surface area contributed by atoms with Gasteiger partial charge in [0, 0.05) is 19.6 Å². The molecular formula is C20H41LiN. The van der Waals surface area contributed by atoms with Crippen LogP contribution >= 0.6 is 0 Å². The van der Waals surface area contributed by atoms with E-state index in [1.165, 1.54) is 64.5 Å². The number of allylic oxidation sites excluding steroid dienone is 1. The molecule has 0 aromatic rings. The van der Waals surface area contributed by atoms with Gasteiger partial charge in [-0.25, -0.2) is 0 Å². The molecular weight excluding hydrogens is 261 g/mol. The maximum absolute atomic E-state index is 3.85. The fourth-order valence-electron chi connectivity index (χ4n) is 3.01. The van der Waals surface area contributed by atoms with Crippen molar-refractivity contribution in [1.29, 1.82) is 0 Å². The zero-order chi connectivity index (χ0) is 15.9. The SMILES string of the molecule is [CH2]C=CCN(CC(CC)CCCC)CC(CC)CCCC.[LiH]. The third-order valence-corrected chi connectivity index (χ3v) is 4.65. The fraction of sp³-hybridized carbons (Fsp3) is 0.850. The average Bonchev–Trinajstić information content (AvgIpc) is 2.52. The van der Waals surface area contributed by atoms with Crippen molar-refractivity contribution in [2.45, 2.75) is 79.1 Å². The van der Waals surface area contributed by atoms with Gasteiger partial charge < -0.3 is 0 Å². The van der Waals surface area contributed by atoms with Crippen LogP contribution in [0.15, 0.2) is 12.2 Å². The summed E-state index contributed by atoms with van der Waals surface area (Å²) >= 11 is 0. The van der Waals surface area contributed by atoms with E-state index in [-0.39, 0.29) is 18.9 Å². The molecule has 0 bridgehead atoms. The first-order valence-corrected chi connectivity index (χ1v) is 9.38. The van der Waals surface area contributed by atoms with E-state index in [1.54, 1.807) is 0 Å². The Balaban J connectivity index is 0. The summed E-state index contributed by atoms with van der Waals surface area (Å²) in [7, 11) is 0. The molecule has 0 N–H and O–H groups in total. The topological polar surface area (TPSA) is 3.24 Å². The van der Waals surface area contributed by atoms with E-state index in [9.17, 15) is 0 Å². The molecule has 2 atom stereocenters. The van der Waals surface area contributed by atoms with E-state index >= 15 is 0 Å². The summed E-state index contributed by atoms with van der Waals surface area (Å²) in [5.74, 6) is 1.73. The van der Waals surface area contributed by atoms with Crippen molar-refractivity contribution in [3.63, 3.8) is 0 Å². The Kier molecular flexibility index (Phi) is 19.7. The minimum absolute atomic E-state index is 0. The van der Waals surface area contributed by atoms with Crippen molar-refractivity contribution < 1.29 is 0 Å². The molecule has 0 fully saturated rings. The summed E-state index contributed by atoms with van der Waals surface area (Å²) in [4.78, 5) is 2.68. The Morgan fingerprint density at radius 2 is 1.32 bits per heavy atom. The normalized spacial score (nSPS) is 14.3. The van der Waals surface area contributed by atoms with E-state index < -0.39 is 0 Å². The van der Waals surface area contributed by atoms with Crippen LogP contribution in [0.3, 0.4) is 0 Å². The second kappa shape index (κ2) is 17.6. The summed E-state index contributed by atoms with van der Waals surface area (Å²) in [5, 5.41) is 0. The van der Waals surface area contributed by atoms with Crippen LogP contribution in [-0.4, -0.2) is 43.4 Å². The predicted molar refractivity (Wildman–Crippen MR) is 105 cm³/mol. The Labute approximate surface area is 153 Å². The second-order valence-corrected chi connectivity index (χ2v) is 6.52. The van der Waals surface area contributed by atoms with E-state index in [2.05, 4.69) is 45.6 Å². The van der Waals surface area contributed by atoms with Gasteiger partial charge in [-0.2, -0.15) is 0 Å². The first-order chi connectivity index (χ1) is 10.2. The minimum atomic E-state index is 0. The average molecular weight is 302 g/mol. The van der Waals surface area contributed by atoms with Gasteiger partial charge in [0.1, 0.15) is 0 Å². The number of rotatable bonds is 14. The summed E-state index contributed by atoms with van der Waals surface area (Å²) in [6.07, 6.45) is 15.0. The van der Waals surface area contributed by atoms with Crippen molar-refractivity contribution in [1.82, 2.24) is 4.90 Å². The molecule has 0 aliphatic carbocycles. The number of nitrogens with zero attached hydrogens (tertiary/aromatic N) is 1. The van der Waals surface area contributed by atoms with Gasteiger partial charge in [-0.3, -0.25) is 4.90 Å². The Bertz CT molecular complexity index is 222. The molecule has 0 heterocycles. The molecule has 0 aliphatic rings. The van der Waals surface area contributed by atoms with Crippen molar-refractivity contribution in [3.05, 3.63) is 19.1 Å². The first kappa shape index (κ1) is 24.5. The Morgan fingerprint density at radius 3 is 1.64 bits per heavy atom. The van der Waals surface area contributed by atoms with Crippen LogP contribution in [0.1, 0.15) is 79.1 Å². The van der Waals surface area contributed by atoms with Crippen molar-refractivity contribution in [3.8, 4) is 0 Å². The molecule has 0 spiro atoms. The van der Waals surface area contributed by atoms with Crippen molar-refractivity contribution >= 4 is 18.9 Å². The van der Waals surface area contributed by atoms with E-state index in [0.29, 0.717) is 0 Å². The quantitative estimate of drug-likeness (QED) is 0.385. The Hall–Kier alpha value is 0.297. The summed E-state index contributed by atoms with van der Waals surface area (Å²) in [6, 6.07) is 0. The monoisotopic (exact) mass is 302 g/mol. The molecule has 22 heavy (non-hydrogen) atoms. The number of hydrogen-bond donors (Lipinski definition) is 0. The van der Waals surface area contributed by atoms with Gasteiger partial charge in [0.2, 0.25) is 0 Å². The molecule has 0 aromatic carbocycles. The van der Waals surface area contributed by atoms with Crippen LogP contribution in [0.25, 0.3) is 0 Å². The van der Waals surface area contributed by atoms with Crippen LogP contribution in [0.5, 0.6) is 0 Å². The molecule has 2 unspecified atom stereocenters. The standard InChI is InChI=1S/C20H40N.Li.H/c1-6-11-14-19(9-4)17-21(16-13-8-3)18-20(10-5)15-12-7-2;;/h8,13,19-20H,3,6-7,9-12,14-18H2,1-2,4-5H3;;. The third-order valence-electron chi connectivity index (χ3n) is 4.65. The molecule has 0 aromatic heterocycles. The summed E-state index contributed by atoms with van der Waals surface area (Å²) in [5.41, 5.74) is 0. The molecule has 0 saturated heterocycles. The molecule has 0 aliphatic heterocycles. The van der Waals surface area contributed by atoms with Gasteiger partial charge in [-0.1, -0.05) is 78.4 Å². The zero-order valence-electron chi connectivity index (χ0n) is 15.2. The van der Waals surface area contributed by atoms with Gasteiger partial charge in [-0.05, 0) is 31.6 Å². The van der Waals surface area contributed by atoms with Crippen LogP contribution in [0, 0.1) is 18.8 Å². The van der Waals surface area contributed by atoms with Gasteiger partial charge in [0.15, 0.2) is 0 Å². The maximum atomic E-state index is 3.85. The van der Waals surface area contributed by atoms with Crippen molar-refractivity contribution in [2.24, 2.45) is 11.8 Å². The third kappa shape index (κ3) is 12.8. The van der Waals surface area contributed by atoms with E-state index in [4.69, 9.17) is 0 Å². The number of unbranched alkanes of at least 4 members (excludes halogenated alkanes) is 2. The van der Waals surface area contributed by atoms with Gasteiger partial charge in [0.25, 0.3) is 0 Å². The molecule has 1 radical (unpaired) electrons. The second-order valence-electron chi connectivity index (χ2n) is 6.52. The molecule has 127 valence electrons. The number of hydrogen-bond acceptors (Lipinski definition) is 1.